The van der Waals surface area contributed by atoms with Gasteiger partial charge in [-0.15, -0.1) is 33.4 Å². The number of alkyl halides is 2. The van der Waals surface area contributed by atoms with E-state index in [1.54, 1.807) is 12.1 Å². The third-order valence-electron chi connectivity index (χ3n) is 2.41. The molecule has 0 amide bonds. The number of nitrogens with zero attached hydrogens (tertiary/aromatic N) is 5. The fraction of sp³-hybridized carbons (Fsp3) is 0.182. The van der Waals surface area contributed by atoms with Gasteiger partial charge in [-0.1, -0.05) is 12.1 Å². The molecule has 1 heterocycles. The van der Waals surface area contributed by atoms with Crippen LogP contribution in [0.2, 0.25) is 0 Å². The second-order valence-electron chi connectivity index (χ2n) is 3.71. The maximum atomic E-state index is 10.7. The molecule has 0 aliphatic carbocycles. The molecule has 1 aromatic carbocycles. The Morgan fingerprint density at radius 3 is 2.50 bits per heavy atom. The highest BCUT2D eigenvalue weighted by molar-refractivity contribution is 6.17. The third kappa shape index (κ3) is 3.12. The number of aromatic nitrogens is 3. The van der Waals surface area contributed by atoms with Gasteiger partial charge in [0.15, 0.2) is 11.6 Å². The molecule has 2 aromatic rings. The van der Waals surface area contributed by atoms with E-state index >= 15 is 0 Å². The number of benzene rings is 1. The van der Waals surface area contributed by atoms with Gasteiger partial charge in [0.25, 0.3) is 5.69 Å². The first-order valence-corrected chi connectivity index (χ1v) is 6.56. The molecule has 0 aliphatic heterocycles. The van der Waals surface area contributed by atoms with Crippen LogP contribution in [0.1, 0.15) is 17.2 Å². The Hall–Kier alpha value is -1.99. The van der Waals surface area contributed by atoms with Crippen molar-refractivity contribution in [1.29, 1.82) is 0 Å². The summed E-state index contributed by atoms with van der Waals surface area (Å²) in [6, 6.07) is 6.09. The first-order valence-electron chi connectivity index (χ1n) is 5.49. The lowest BCUT2D eigenvalue weighted by atomic mass is 10.2. The lowest BCUT2D eigenvalue weighted by Gasteiger charge is -2.00. The molecule has 20 heavy (non-hydrogen) atoms. The monoisotopic (exact) mass is 313 g/mol. The van der Waals surface area contributed by atoms with Crippen molar-refractivity contribution in [2.45, 2.75) is 11.8 Å². The molecule has 0 unspecified atom stereocenters. The number of nitro groups is 1. The van der Waals surface area contributed by atoms with Crippen molar-refractivity contribution in [3.8, 4) is 0 Å². The number of nitro benzene ring substituents is 1. The van der Waals surface area contributed by atoms with Crippen LogP contribution >= 0.6 is 23.2 Å². The summed E-state index contributed by atoms with van der Waals surface area (Å²) in [7, 11) is 0. The molecule has 0 saturated carbocycles. The highest BCUT2D eigenvalue weighted by Crippen LogP contribution is 2.12. The maximum absolute atomic E-state index is 10.7. The van der Waals surface area contributed by atoms with Crippen LogP contribution in [0.25, 0.3) is 0 Å². The van der Waals surface area contributed by atoms with Gasteiger partial charge in [0, 0.05) is 17.7 Å². The van der Waals surface area contributed by atoms with Crippen molar-refractivity contribution in [3.05, 3.63) is 51.6 Å². The molecule has 7 nitrogen and oxygen atoms in total. The van der Waals surface area contributed by atoms with Crippen molar-refractivity contribution in [2.24, 2.45) is 5.10 Å². The lowest BCUT2D eigenvalue weighted by Crippen LogP contribution is -2.00. The van der Waals surface area contributed by atoms with E-state index in [1.165, 1.54) is 23.0 Å². The molecule has 0 saturated heterocycles. The fourth-order valence-corrected chi connectivity index (χ4v) is 1.83. The van der Waals surface area contributed by atoms with Crippen molar-refractivity contribution in [2.75, 3.05) is 0 Å². The summed E-state index contributed by atoms with van der Waals surface area (Å²) in [6.45, 7) is 0. The Balaban J connectivity index is 2.31. The average molecular weight is 314 g/mol. The number of hydrogen-bond acceptors (Lipinski definition) is 5. The Morgan fingerprint density at radius 2 is 1.95 bits per heavy atom. The third-order valence-corrected chi connectivity index (χ3v) is 2.89. The molecule has 0 radical (unpaired) electrons. The minimum absolute atomic E-state index is 0.00663. The van der Waals surface area contributed by atoms with Crippen LogP contribution in [0.3, 0.4) is 0 Å². The Bertz CT molecular complexity index is 635. The van der Waals surface area contributed by atoms with E-state index in [0.29, 0.717) is 17.2 Å². The first kappa shape index (κ1) is 14.4. The summed E-state index contributed by atoms with van der Waals surface area (Å²) in [4.78, 5) is 10.2. The summed E-state index contributed by atoms with van der Waals surface area (Å²) in [5, 5.41) is 22.5. The van der Waals surface area contributed by atoms with Gasteiger partial charge in [0.1, 0.15) is 0 Å². The minimum atomic E-state index is -0.468. The smallest absolute Gasteiger partial charge is 0.258 e. The van der Waals surface area contributed by atoms with E-state index in [9.17, 15) is 10.1 Å². The quantitative estimate of drug-likeness (QED) is 0.367. The van der Waals surface area contributed by atoms with E-state index in [1.807, 2.05) is 0 Å². The van der Waals surface area contributed by atoms with Crippen molar-refractivity contribution in [1.82, 2.24) is 14.9 Å². The van der Waals surface area contributed by atoms with E-state index < -0.39 is 4.92 Å². The molecule has 0 N–H and O–H groups in total. The van der Waals surface area contributed by atoms with Crippen molar-refractivity contribution >= 4 is 35.1 Å². The molecule has 0 spiro atoms. The Morgan fingerprint density at radius 1 is 1.30 bits per heavy atom. The van der Waals surface area contributed by atoms with Crippen molar-refractivity contribution < 1.29 is 4.92 Å². The van der Waals surface area contributed by atoms with Gasteiger partial charge in [-0.3, -0.25) is 10.1 Å². The van der Waals surface area contributed by atoms with Crippen molar-refractivity contribution in [3.63, 3.8) is 0 Å². The normalized spacial score (nSPS) is 11.1. The Labute approximate surface area is 124 Å². The predicted octanol–water partition coefficient (Wildman–Crippen LogP) is 2.55. The van der Waals surface area contributed by atoms with Gasteiger partial charge in [-0.2, -0.15) is 9.78 Å². The van der Waals surface area contributed by atoms with Crippen LogP contribution in [0.4, 0.5) is 5.69 Å². The van der Waals surface area contributed by atoms with E-state index in [4.69, 9.17) is 23.2 Å². The summed E-state index contributed by atoms with van der Waals surface area (Å²) in [5.74, 6) is 1.17. The summed E-state index contributed by atoms with van der Waals surface area (Å²) >= 11 is 11.4. The molecular weight excluding hydrogens is 305 g/mol. The SMILES string of the molecule is O=[N+]([O-])c1cccc(/C=N/n2c(CCl)nnc2CCl)c1. The van der Waals surface area contributed by atoms with Crippen LogP contribution in [0, 0.1) is 10.1 Å². The molecule has 0 fully saturated rings. The minimum Gasteiger partial charge on any atom is -0.258 e. The Kier molecular flexibility index (Phi) is 4.65. The van der Waals surface area contributed by atoms with Gasteiger partial charge in [0.2, 0.25) is 0 Å². The highest BCUT2D eigenvalue weighted by Gasteiger charge is 2.09. The number of halogens is 2. The van der Waals surface area contributed by atoms with Crippen LogP contribution in [-0.2, 0) is 11.8 Å². The molecular formula is C11H9Cl2N5O2. The van der Waals surface area contributed by atoms with Gasteiger partial charge >= 0.3 is 0 Å². The second-order valence-corrected chi connectivity index (χ2v) is 4.24. The van der Waals surface area contributed by atoms with Gasteiger partial charge < -0.3 is 0 Å². The van der Waals surface area contributed by atoms with Crippen LogP contribution < -0.4 is 0 Å². The second kappa shape index (κ2) is 6.44. The average Bonchev–Trinajstić information content (AvgIpc) is 2.87. The number of non-ortho nitro benzene ring substituents is 1. The van der Waals surface area contributed by atoms with E-state index in [-0.39, 0.29) is 17.4 Å². The lowest BCUT2D eigenvalue weighted by molar-refractivity contribution is -0.384. The molecule has 0 bridgehead atoms. The zero-order valence-electron chi connectivity index (χ0n) is 10.1. The molecule has 1 aromatic heterocycles. The zero-order chi connectivity index (χ0) is 14.5. The molecule has 0 atom stereocenters. The maximum Gasteiger partial charge on any atom is 0.270 e. The van der Waals surface area contributed by atoms with Crippen LogP contribution in [0.5, 0.6) is 0 Å². The van der Waals surface area contributed by atoms with Gasteiger partial charge in [0.05, 0.1) is 22.9 Å². The number of hydrogen-bond donors (Lipinski definition) is 0. The summed E-state index contributed by atoms with van der Waals surface area (Å²) < 4.78 is 1.42. The zero-order valence-corrected chi connectivity index (χ0v) is 11.6. The molecule has 0 aliphatic rings. The van der Waals surface area contributed by atoms with E-state index in [2.05, 4.69) is 15.3 Å². The topological polar surface area (TPSA) is 86.2 Å². The van der Waals surface area contributed by atoms with Crippen LogP contribution in [0.15, 0.2) is 29.4 Å². The van der Waals surface area contributed by atoms with Crippen LogP contribution in [-0.4, -0.2) is 26.0 Å². The molecule has 104 valence electrons. The first-order chi connectivity index (χ1) is 9.65. The number of rotatable bonds is 5. The summed E-state index contributed by atoms with van der Waals surface area (Å²) in [6.07, 6.45) is 1.46. The standard InChI is InChI=1S/C11H9Cl2N5O2/c12-5-10-15-16-11(6-13)17(10)14-7-8-2-1-3-9(4-8)18(19)20/h1-4,7H,5-6H2/b14-7+. The largest absolute Gasteiger partial charge is 0.270 e. The predicted molar refractivity (Wildman–Crippen MR) is 75.2 cm³/mol. The highest BCUT2D eigenvalue weighted by atomic mass is 35.5. The molecule has 2 rings (SSSR count). The van der Waals surface area contributed by atoms with E-state index in [0.717, 1.165) is 0 Å². The van der Waals surface area contributed by atoms with Gasteiger partial charge in [-0.05, 0) is 0 Å². The molecule has 9 heteroatoms. The fourth-order valence-electron chi connectivity index (χ4n) is 1.49. The summed E-state index contributed by atoms with van der Waals surface area (Å²) in [5.41, 5.74) is 0.571. The van der Waals surface area contributed by atoms with Gasteiger partial charge in [-0.25, -0.2) is 0 Å².